The SMILES string of the molecule is Cc1ccc(C)c(NS(=O)(=O)CCOc2ccc(F)cc2)c1. The molecule has 2 aromatic carbocycles. The maximum atomic E-state index is 12.7. The summed E-state index contributed by atoms with van der Waals surface area (Å²) in [6, 6.07) is 11.0. The number of ether oxygens (including phenoxy) is 1. The van der Waals surface area contributed by atoms with Gasteiger partial charge in [-0.1, -0.05) is 12.1 Å². The van der Waals surface area contributed by atoms with Crippen molar-refractivity contribution in [3.63, 3.8) is 0 Å². The van der Waals surface area contributed by atoms with Crippen LogP contribution < -0.4 is 9.46 Å². The van der Waals surface area contributed by atoms with E-state index >= 15 is 0 Å². The minimum Gasteiger partial charge on any atom is -0.492 e. The summed E-state index contributed by atoms with van der Waals surface area (Å²) < 4.78 is 44.7. The van der Waals surface area contributed by atoms with Gasteiger partial charge in [0.2, 0.25) is 10.0 Å². The number of anilines is 1. The molecule has 2 rings (SSSR count). The van der Waals surface area contributed by atoms with Crippen LogP contribution in [0.2, 0.25) is 0 Å². The number of sulfonamides is 1. The van der Waals surface area contributed by atoms with Gasteiger partial charge in [-0.25, -0.2) is 12.8 Å². The maximum absolute atomic E-state index is 12.7. The standard InChI is InChI=1S/C16H18FNO3S/c1-12-3-4-13(2)16(11-12)18-22(19,20)10-9-21-15-7-5-14(17)6-8-15/h3-8,11,18H,9-10H2,1-2H3. The molecule has 0 fully saturated rings. The van der Waals surface area contributed by atoms with Crippen LogP contribution in [0.15, 0.2) is 42.5 Å². The van der Waals surface area contributed by atoms with Gasteiger partial charge in [0.15, 0.2) is 0 Å². The third-order valence-corrected chi connectivity index (χ3v) is 4.33. The van der Waals surface area contributed by atoms with Gasteiger partial charge in [0.1, 0.15) is 23.9 Å². The van der Waals surface area contributed by atoms with E-state index in [1.165, 1.54) is 24.3 Å². The highest BCUT2D eigenvalue weighted by molar-refractivity contribution is 7.92. The van der Waals surface area contributed by atoms with E-state index in [4.69, 9.17) is 4.74 Å². The zero-order chi connectivity index (χ0) is 16.2. The Bertz CT molecular complexity index is 742. The van der Waals surface area contributed by atoms with E-state index in [1.807, 2.05) is 26.0 Å². The topological polar surface area (TPSA) is 55.4 Å². The first-order valence-corrected chi connectivity index (χ1v) is 8.47. The Morgan fingerprint density at radius 1 is 1.09 bits per heavy atom. The van der Waals surface area contributed by atoms with Crippen LogP contribution in [0, 0.1) is 19.7 Å². The lowest BCUT2D eigenvalue weighted by Crippen LogP contribution is -2.21. The van der Waals surface area contributed by atoms with Gasteiger partial charge < -0.3 is 4.74 Å². The minimum atomic E-state index is -3.50. The fraction of sp³-hybridized carbons (Fsp3) is 0.250. The second-order valence-electron chi connectivity index (χ2n) is 5.04. The molecule has 0 unspecified atom stereocenters. The van der Waals surface area contributed by atoms with Gasteiger partial charge in [-0.3, -0.25) is 4.72 Å². The molecule has 0 saturated heterocycles. The molecule has 2 aromatic rings. The van der Waals surface area contributed by atoms with Crippen LogP contribution in [0.25, 0.3) is 0 Å². The molecule has 0 saturated carbocycles. The monoisotopic (exact) mass is 323 g/mol. The zero-order valence-electron chi connectivity index (χ0n) is 12.5. The first-order valence-electron chi connectivity index (χ1n) is 6.82. The Morgan fingerprint density at radius 3 is 2.45 bits per heavy atom. The highest BCUT2D eigenvalue weighted by Gasteiger charge is 2.12. The van der Waals surface area contributed by atoms with Crippen molar-refractivity contribution in [1.29, 1.82) is 0 Å². The maximum Gasteiger partial charge on any atom is 0.236 e. The molecule has 0 aliphatic carbocycles. The lowest BCUT2D eigenvalue weighted by Gasteiger charge is -2.12. The third-order valence-electron chi connectivity index (χ3n) is 3.09. The summed E-state index contributed by atoms with van der Waals surface area (Å²) in [5, 5.41) is 0. The molecule has 118 valence electrons. The summed E-state index contributed by atoms with van der Waals surface area (Å²) in [7, 11) is -3.50. The average molecular weight is 323 g/mol. The smallest absolute Gasteiger partial charge is 0.236 e. The van der Waals surface area contributed by atoms with Gasteiger partial charge in [0.25, 0.3) is 0 Å². The number of rotatable bonds is 6. The van der Waals surface area contributed by atoms with Gasteiger partial charge in [-0.05, 0) is 55.3 Å². The highest BCUT2D eigenvalue weighted by Crippen LogP contribution is 2.18. The van der Waals surface area contributed by atoms with Crippen molar-refractivity contribution in [3.8, 4) is 5.75 Å². The third kappa shape index (κ3) is 4.73. The number of benzene rings is 2. The van der Waals surface area contributed by atoms with Crippen LogP contribution in [0.3, 0.4) is 0 Å². The number of hydrogen-bond acceptors (Lipinski definition) is 3. The number of aryl methyl sites for hydroxylation is 2. The molecule has 22 heavy (non-hydrogen) atoms. The molecule has 0 aromatic heterocycles. The average Bonchev–Trinajstić information content (AvgIpc) is 2.45. The Labute approximate surface area is 130 Å². The van der Waals surface area contributed by atoms with Gasteiger partial charge in [-0.15, -0.1) is 0 Å². The van der Waals surface area contributed by atoms with E-state index in [1.54, 1.807) is 6.07 Å². The van der Waals surface area contributed by atoms with Gasteiger partial charge in [-0.2, -0.15) is 0 Å². The predicted molar refractivity (Wildman–Crippen MR) is 85.2 cm³/mol. The molecule has 0 bridgehead atoms. The molecule has 4 nitrogen and oxygen atoms in total. The van der Waals surface area contributed by atoms with Crippen molar-refractivity contribution in [1.82, 2.24) is 0 Å². The van der Waals surface area contributed by atoms with Crippen molar-refractivity contribution in [2.24, 2.45) is 0 Å². The number of hydrogen-bond donors (Lipinski definition) is 1. The molecule has 0 amide bonds. The molecule has 0 heterocycles. The first-order chi connectivity index (χ1) is 10.4. The number of halogens is 1. The van der Waals surface area contributed by atoms with Crippen LogP contribution in [0.5, 0.6) is 5.75 Å². The summed E-state index contributed by atoms with van der Waals surface area (Å²) >= 11 is 0. The molecule has 0 aliphatic rings. The predicted octanol–water partition coefficient (Wildman–Crippen LogP) is 3.26. The van der Waals surface area contributed by atoms with Crippen molar-refractivity contribution >= 4 is 15.7 Å². The van der Waals surface area contributed by atoms with Crippen LogP contribution >= 0.6 is 0 Å². The first kappa shape index (κ1) is 16.3. The summed E-state index contributed by atoms with van der Waals surface area (Å²) in [6.07, 6.45) is 0. The van der Waals surface area contributed by atoms with E-state index in [-0.39, 0.29) is 18.2 Å². The van der Waals surface area contributed by atoms with Crippen LogP contribution in [0.1, 0.15) is 11.1 Å². The molecule has 0 aliphatic heterocycles. The van der Waals surface area contributed by atoms with Crippen molar-refractivity contribution in [2.45, 2.75) is 13.8 Å². The van der Waals surface area contributed by atoms with Crippen LogP contribution in [-0.2, 0) is 10.0 Å². The fourth-order valence-corrected chi connectivity index (χ4v) is 2.82. The van der Waals surface area contributed by atoms with Crippen molar-refractivity contribution in [2.75, 3.05) is 17.1 Å². The fourth-order valence-electron chi connectivity index (χ4n) is 1.86. The van der Waals surface area contributed by atoms with E-state index in [0.717, 1.165) is 11.1 Å². The quantitative estimate of drug-likeness (QED) is 0.888. The summed E-state index contributed by atoms with van der Waals surface area (Å²) in [5.74, 6) is -0.113. The molecule has 0 atom stereocenters. The summed E-state index contributed by atoms with van der Waals surface area (Å²) in [6.45, 7) is 3.73. The van der Waals surface area contributed by atoms with E-state index in [0.29, 0.717) is 11.4 Å². The number of nitrogens with one attached hydrogen (secondary N) is 1. The van der Waals surface area contributed by atoms with Crippen LogP contribution in [-0.4, -0.2) is 20.8 Å². The Morgan fingerprint density at radius 2 is 1.77 bits per heavy atom. The second kappa shape index (κ2) is 6.79. The molecule has 0 radical (unpaired) electrons. The molecule has 1 N–H and O–H groups in total. The molecule has 0 spiro atoms. The largest absolute Gasteiger partial charge is 0.492 e. The Kier molecular flexibility index (Phi) is 5.03. The Hall–Kier alpha value is -2.08. The lowest BCUT2D eigenvalue weighted by atomic mass is 10.1. The highest BCUT2D eigenvalue weighted by atomic mass is 32.2. The van der Waals surface area contributed by atoms with E-state index in [9.17, 15) is 12.8 Å². The van der Waals surface area contributed by atoms with Crippen molar-refractivity contribution < 1.29 is 17.5 Å². The molecule has 6 heteroatoms. The molecular weight excluding hydrogens is 305 g/mol. The minimum absolute atomic E-state index is 0.00811. The second-order valence-corrected chi connectivity index (χ2v) is 6.88. The Balaban J connectivity index is 1.93. The van der Waals surface area contributed by atoms with E-state index < -0.39 is 10.0 Å². The summed E-state index contributed by atoms with van der Waals surface area (Å²) in [4.78, 5) is 0. The van der Waals surface area contributed by atoms with Gasteiger partial charge in [0, 0.05) is 0 Å². The molecular formula is C16H18FNO3S. The van der Waals surface area contributed by atoms with Crippen molar-refractivity contribution in [3.05, 3.63) is 59.4 Å². The summed E-state index contributed by atoms with van der Waals surface area (Å²) in [5.41, 5.74) is 2.40. The normalized spacial score (nSPS) is 11.2. The van der Waals surface area contributed by atoms with E-state index in [2.05, 4.69) is 4.72 Å². The zero-order valence-corrected chi connectivity index (χ0v) is 13.3. The van der Waals surface area contributed by atoms with Gasteiger partial charge >= 0.3 is 0 Å². The van der Waals surface area contributed by atoms with Gasteiger partial charge in [0.05, 0.1) is 5.69 Å². The van der Waals surface area contributed by atoms with Crippen LogP contribution in [0.4, 0.5) is 10.1 Å². The lowest BCUT2D eigenvalue weighted by molar-refractivity contribution is 0.340.